The normalized spacial score (nSPS) is 10.9. The molecule has 0 aromatic heterocycles. The molecule has 0 aliphatic carbocycles. The lowest BCUT2D eigenvalue weighted by Crippen LogP contribution is -2.38. The zero-order valence-corrected chi connectivity index (χ0v) is 19.4. The number of hydrogen-bond donors (Lipinski definition) is 1. The molecule has 1 N–H and O–H groups in total. The van der Waals surface area contributed by atoms with E-state index in [0.29, 0.717) is 0 Å². The van der Waals surface area contributed by atoms with Gasteiger partial charge in [-0.15, -0.1) is 24.0 Å². The second-order valence-electron chi connectivity index (χ2n) is 5.57. The number of guanidine groups is 1. The smallest absolute Gasteiger partial charge is 0.193 e. The van der Waals surface area contributed by atoms with Crippen LogP contribution in [0.1, 0.15) is 24.5 Å². The Kier molecular flexibility index (Phi) is 12.9. The van der Waals surface area contributed by atoms with E-state index in [4.69, 9.17) is 14.5 Å². The van der Waals surface area contributed by atoms with Gasteiger partial charge in [0.05, 0.1) is 14.2 Å². The Balaban J connectivity index is 0.00000576. The molecule has 5 nitrogen and oxygen atoms in total. The van der Waals surface area contributed by atoms with E-state index in [2.05, 4.69) is 37.4 Å². The number of ether oxygens (including phenoxy) is 2. The van der Waals surface area contributed by atoms with Crippen molar-refractivity contribution in [2.45, 2.75) is 26.8 Å². The lowest BCUT2D eigenvalue weighted by Gasteiger charge is -2.23. The van der Waals surface area contributed by atoms with Crippen LogP contribution in [0.25, 0.3) is 0 Å². The Morgan fingerprint density at radius 1 is 1.24 bits per heavy atom. The van der Waals surface area contributed by atoms with Crippen LogP contribution in [-0.4, -0.2) is 57.2 Å². The van der Waals surface area contributed by atoms with Crippen LogP contribution in [0.4, 0.5) is 0 Å². The van der Waals surface area contributed by atoms with E-state index in [9.17, 15) is 0 Å². The Bertz CT molecular complexity index is 541. The van der Waals surface area contributed by atoms with E-state index in [0.717, 1.165) is 49.3 Å². The van der Waals surface area contributed by atoms with Gasteiger partial charge in [0.15, 0.2) is 17.5 Å². The van der Waals surface area contributed by atoms with Crippen LogP contribution < -0.4 is 14.8 Å². The number of aryl methyl sites for hydroxylation is 1. The molecule has 25 heavy (non-hydrogen) atoms. The quantitative estimate of drug-likeness (QED) is 0.252. The summed E-state index contributed by atoms with van der Waals surface area (Å²) in [7, 11) is 5.39. The predicted molar refractivity (Wildman–Crippen MR) is 120 cm³/mol. The molecule has 1 aromatic carbocycles. The van der Waals surface area contributed by atoms with Crippen LogP contribution in [-0.2, 0) is 6.54 Å². The molecule has 0 saturated carbocycles. The zero-order chi connectivity index (χ0) is 17.9. The Morgan fingerprint density at radius 3 is 2.44 bits per heavy atom. The lowest BCUT2D eigenvalue weighted by molar-refractivity contribution is 0.353. The average molecular weight is 481 g/mol. The average Bonchev–Trinajstić information content (AvgIpc) is 2.58. The molecular weight excluding hydrogens is 449 g/mol. The molecule has 0 fully saturated rings. The van der Waals surface area contributed by atoms with Crippen LogP contribution in [0.5, 0.6) is 11.5 Å². The molecule has 0 atom stereocenters. The summed E-state index contributed by atoms with van der Waals surface area (Å²) in [5.41, 5.74) is 2.38. The van der Waals surface area contributed by atoms with E-state index < -0.39 is 0 Å². The van der Waals surface area contributed by atoms with E-state index in [1.54, 1.807) is 14.2 Å². The standard InChI is InChI=1S/C18H31N3O2S.HI/c1-7-19-18(20-9-8-10-24-6)21(3)13-15-12-17(23-5)16(22-4)11-14(15)2;/h11-12H,7-10,13H2,1-6H3,(H,19,20);1H. The van der Waals surface area contributed by atoms with Gasteiger partial charge >= 0.3 is 0 Å². The maximum Gasteiger partial charge on any atom is 0.193 e. The van der Waals surface area contributed by atoms with Crippen LogP contribution >= 0.6 is 35.7 Å². The van der Waals surface area contributed by atoms with Crippen molar-refractivity contribution in [2.75, 3.05) is 46.4 Å². The van der Waals surface area contributed by atoms with Gasteiger partial charge in [0.1, 0.15) is 0 Å². The van der Waals surface area contributed by atoms with Gasteiger partial charge in [0.2, 0.25) is 0 Å². The first-order valence-electron chi connectivity index (χ1n) is 8.27. The third-order valence-electron chi connectivity index (χ3n) is 3.71. The number of rotatable bonds is 9. The molecule has 144 valence electrons. The lowest BCUT2D eigenvalue weighted by atomic mass is 10.1. The highest BCUT2D eigenvalue weighted by Gasteiger charge is 2.12. The maximum absolute atomic E-state index is 5.42. The monoisotopic (exact) mass is 481 g/mol. The van der Waals surface area contributed by atoms with Crippen molar-refractivity contribution in [2.24, 2.45) is 4.99 Å². The van der Waals surface area contributed by atoms with Crippen LogP contribution in [0.2, 0.25) is 0 Å². The Hall–Kier alpha value is -0.830. The number of nitrogens with one attached hydrogen (secondary N) is 1. The Morgan fingerprint density at radius 2 is 1.88 bits per heavy atom. The summed E-state index contributed by atoms with van der Waals surface area (Å²) < 4.78 is 10.8. The molecule has 0 bridgehead atoms. The summed E-state index contributed by atoms with van der Waals surface area (Å²) in [6.07, 6.45) is 3.22. The van der Waals surface area contributed by atoms with Gasteiger partial charge in [-0.05, 0) is 55.5 Å². The fraction of sp³-hybridized carbons (Fsp3) is 0.611. The van der Waals surface area contributed by atoms with Gasteiger partial charge < -0.3 is 19.7 Å². The fourth-order valence-electron chi connectivity index (χ4n) is 2.39. The molecule has 0 saturated heterocycles. The highest BCUT2D eigenvalue weighted by molar-refractivity contribution is 14.0. The van der Waals surface area contributed by atoms with Gasteiger partial charge in [0, 0.05) is 26.7 Å². The third kappa shape index (κ3) is 7.94. The molecule has 7 heteroatoms. The summed E-state index contributed by atoms with van der Waals surface area (Å²) >= 11 is 1.86. The number of methoxy groups -OCH3 is 2. The van der Waals surface area contributed by atoms with E-state index in [-0.39, 0.29) is 24.0 Å². The summed E-state index contributed by atoms with van der Waals surface area (Å²) in [4.78, 5) is 6.86. The fourth-order valence-corrected chi connectivity index (χ4v) is 2.80. The minimum absolute atomic E-state index is 0. The molecule has 1 rings (SSSR count). The van der Waals surface area contributed by atoms with E-state index in [1.165, 1.54) is 11.1 Å². The van der Waals surface area contributed by atoms with Gasteiger partial charge in [-0.1, -0.05) is 0 Å². The van der Waals surface area contributed by atoms with Gasteiger partial charge in [-0.25, -0.2) is 0 Å². The molecule has 0 spiro atoms. The third-order valence-corrected chi connectivity index (χ3v) is 4.41. The molecular formula is C18H32IN3O2S. The summed E-state index contributed by atoms with van der Waals surface area (Å²) in [6.45, 7) is 6.65. The molecule has 0 radical (unpaired) electrons. The van der Waals surface area contributed by atoms with Crippen molar-refractivity contribution in [3.05, 3.63) is 23.3 Å². The minimum atomic E-state index is 0. The minimum Gasteiger partial charge on any atom is -0.493 e. The molecule has 0 amide bonds. The van der Waals surface area contributed by atoms with Gasteiger partial charge in [-0.2, -0.15) is 11.8 Å². The summed E-state index contributed by atoms with van der Waals surface area (Å²) in [5, 5.41) is 3.36. The van der Waals surface area contributed by atoms with Crippen molar-refractivity contribution >= 4 is 41.7 Å². The second kappa shape index (κ2) is 13.4. The van der Waals surface area contributed by atoms with Crippen LogP contribution in [0.3, 0.4) is 0 Å². The van der Waals surface area contributed by atoms with E-state index >= 15 is 0 Å². The van der Waals surface area contributed by atoms with E-state index in [1.807, 2.05) is 23.9 Å². The highest BCUT2D eigenvalue weighted by Crippen LogP contribution is 2.30. The first kappa shape index (κ1) is 24.2. The van der Waals surface area contributed by atoms with Crippen molar-refractivity contribution < 1.29 is 9.47 Å². The summed E-state index contributed by atoms with van der Waals surface area (Å²) in [6, 6.07) is 4.06. The highest BCUT2D eigenvalue weighted by atomic mass is 127. The molecule has 0 heterocycles. The first-order valence-corrected chi connectivity index (χ1v) is 9.66. The topological polar surface area (TPSA) is 46.1 Å². The zero-order valence-electron chi connectivity index (χ0n) is 16.2. The van der Waals surface area contributed by atoms with Gasteiger partial charge in [0.25, 0.3) is 0 Å². The first-order chi connectivity index (χ1) is 11.6. The van der Waals surface area contributed by atoms with Crippen molar-refractivity contribution in [3.63, 3.8) is 0 Å². The second-order valence-corrected chi connectivity index (χ2v) is 6.56. The van der Waals surface area contributed by atoms with Crippen molar-refractivity contribution in [1.82, 2.24) is 10.2 Å². The predicted octanol–water partition coefficient (Wildman–Crippen LogP) is 3.78. The van der Waals surface area contributed by atoms with Crippen LogP contribution in [0, 0.1) is 6.92 Å². The largest absolute Gasteiger partial charge is 0.493 e. The molecule has 0 unspecified atom stereocenters. The molecule has 0 aliphatic rings. The van der Waals surface area contributed by atoms with Crippen molar-refractivity contribution in [1.29, 1.82) is 0 Å². The number of nitrogens with zero attached hydrogens (tertiary/aromatic N) is 2. The Labute approximate surface area is 174 Å². The number of hydrogen-bond acceptors (Lipinski definition) is 4. The van der Waals surface area contributed by atoms with Crippen LogP contribution in [0.15, 0.2) is 17.1 Å². The number of aliphatic imine (C=N–C) groups is 1. The number of halogens is 1. The maximum atomic E-state index is 5.42. The number of thioether (sulfide) groups is 1. The summed E-state index contributed by atoms with van der Waals surface area (Å²) in [5.74, 6) is 3.60. The SMILES string of the molecule is CCNC(=NCCCSC)N(C)Cc1cc(OC)c(OC)cc1C.I. The van der Waals surface area contributed by atoms with Crippen molar-refractivity contribution in [3.8, 4) is 11.5 Å². The molecule has 0 aliphatic heterocycles. The number of benzene rings is 1. The molecule has 1 aromatic rings. The van der Waals surface area contributed by atoms with Gasteiger partial charge in [-0.3, -0.25) is 4.99 Å².